The summed E-state index contributed by atoms with van der Waals surface area (Å²) in [5, 5.41) is 9.42. The summed E-state index contributed by atoms with van der Waals surface area (Å²) in [5.41, 5.74) is 0.541. The molecule has 1 aliphatic rings. The lowest BCUT2D eigenvalue weighted by molar-refractivity contribution is 0.239. The summed E-state index contributed by atoms with van der Waals surface area (Å²) in [6.07, 6.45) is 4.78. The van der Waals surface area contributed by atoms with E-state index in [2.05, 4.69) is 6.92 Å². The van der Waals surface area contributed by atoms with E-state index >= 15 is 0 Å². The number of halogens is 1. The highest BCUT2D eigenvalue weighted by Crippen LogP contribution is 2.29. The molecule has 6 heteroatoms. The van der Waals surface area contributed by atoms with E-state index in [1.807, 2.05) is 0 Å². The van der Waals surface area contributed by atoms with E-state index in [-0.39, 0.29) is 17.5 Å². The molecule has 0 saturated carbocycles. The molecule has 0 aromatic heterocycles. The van der Waals surface area contributed by atoms with Crippen LogP contribution in [0, 0.1) is 0 Å². The monoisotopic (exact) mass is 331 g/mol. The summed E-state index contributed by atoms with van der Waals surface area (Å²) < 4.78 is 27.3. The summed E-state index contributed by atoms with van der Waals surface area (Å²) in [7, 11) is -3.51. The van der Waals surface area contributed by atoms with Crippen molar-refractivity contribution in [1.82, 2.24) is 4.31 Å². The van der Waals surface area contributed by atoms with Crippen molar-refractivity contribution in [2.75, 3.05) is 6.54 Å². The van der Waals surface area contributed by atoms with Gasteiger partial charge in [-0.25, -0.2) is 8.42 Å². The fraction of sp³-hybridized carbons (Fsp3) is 0.600. The van der Waals surface area contributed by atoms with Crippen molar-refractivity contribution in [2.45, 2.75) is 56.6 Å². The zero-order chi connectivity index (χ0) is 15.5. The number of hydrogen-bond acceptors (Lipinski definition) is 3. The predicted octanol–water partition coefficient (Wildman–Crippen LogP) is 3.18. The molecule has 0 bridgehead atoms. The molecule has 1 atom stereocenters. The molecule has 0 spiro atoms. The molecule has 1 aromatic carbocycles. The number of benzene rings is 1. The van der Waals surface area contributed by atoms with Crippen LogP contribution in [0.4, 0.5) is 0 Å². The van der Waals surface area contributed by atoms with Gasteiger partial charge in [-0.1, -0.05) is 37.4 Å². The zero-order valence-corrected chi connectivity index (χ0v) is 13.8. The molecule has 0 aliphatic carbocycles. The second kappa shape index (κ2) is 7.09. The van der Waals surface area contributed by atoms with E-state index in [4.69, 9.17) is 16.7 Å². The van der Waals surface area contributed by atoms with Crippen molar-refractivity contribution >= 4 is 21.6 Å². The molecule has 1 aromatic rings. The van der Waals surface area contributed by atoms with Gasteiger partial charge in [0.1, 0.15) is 0 Å². The lowest BCUT2D eigenvalue weighted by Crippen LogP contribution is -2.43. The fourth-order valence-electron chi connectivity index (χ4n) is 2.86. The Morgan fingerprint density at radius 1 is 1.38 bits per heavy atom. The highest BCUT2D eigenvalue weighted by molar-refractivity contribution is 7.89. The molecule has 4 nitrogen and oxygen atoms in total. The van der Waals surface area contributed by atoms with Crippen molar-refractivity contribution < 1.29 is 13.5 Å². The third kappa shape index (κ3) is 3.59. The van der Waals surface area contributed by atoms with Gasteiger partial charge in [0.25, 0.3) is 0 Å². The molecule has 1 unspecified atom stereocenters. The molecule has 0 amide bonds. The topological polar surface area (TPSA) is 57.6 Å². The molecule has 1 fully saturated rings. The maximum atomic E-state index is 12.8. The third-order valence-corrected chi connectivity index (χ3v) is 6.30. The Balaban J connectivity index is 2.33. The first kappa shape index (κ1) is 16.7. The second-order valence-electron chi connectivity index (χ2n) is 5.47. The third-order valence-electron chi connectivity index (χ3n) is 4.00. The minimum Gasteiger partial charge on any atom is -0.392 e. The van der Waals surface area contributed by atoms with Crippen molar-refractivity contribution in [3.63, 3.8) is 0 Å². The first-order valence-corrected chi connectivity index (χ1v) is 9.23. The van der Waals surface area contributed by atoms with E-state index in [0.717, 1.165) is 32.1 Å². The van der Waals surface area contributed by atoms with Crippen LogP contribution in [0.5, 0.6) is 0 Å². The number of hydrogen-bond donors (Lipinski definition) is 1. The smallest absolute Gasteiger partial charge is 0.243 e. The minimum absolute atomic E-state index is 0.0880. The van der Waals surface area contributed by atoms with Gasteiger partial charge in [0.15, 0.2) is 0 Å². The SMILES string of the molecule is CCCC1CCCCN1S(=O)(=O)c1ccc(CO)c(Cl)c1. The number of piperidine rings is 1. The Morgan fingerprint density at radius 2 is 2.14 bits per heavy atom. The Bertz CT molecular complexity index is 587. The highest BCUT2D eigenvalue weighted by atomic mass is 35.5. The second-order valence-corrected chi connectivity index (χ2v) is 7.76. The van der Waals surface area contributed by atoms with Gasteiger partial charge in [0.2, 0.25) is 10.0 Å². The van der Waals surface area contributed by atoms with E-state index in [1.54, 1.807) is 10.4 Å². The van der Waals surface area contributed by atoms with Crippen molar-refractivity contribution in [1.29, 1.82) is 0 Å². The summed E-state index contributed by atoms with van der Waals surface area (Å²) in [4.78, 5) is 0.215. The molecular formula is C15H22ClNO3S. The number of aliphatic hydroxyl groups is 1. The summed E-state index contributed by atoms with van der Waals surface area (Å²) in [6, 6.07) is 4.64. The number of aliphatic hydroxyl groups excluding tert-OH is 1. The molecular weight excluding hydrogens is 310 g/mol. The van der Waals surface area contributed by atoms with Gasteiger partial charge in [-0.05, 0) is 37.0 Å². The molecule has 1 saturated heterocycles. The molecule has 1 aliphatic heterocycles. The molecule has 21 heavy (non-hydrogen) atoms. The van der Waals surface area contributed by atoms with Gasteiger partial charge in [0, 0.05) is 17.6 Å². The van der Waals surface area contributed by atoms with Crippen LogP contribution in [-0.4, -0.2) is 30.4 Å². The van der Waals surface area contributed by atoms with Gasteiger partial charge in [-0.2, -0.15) is 4.31 Å². The normalized spacial score (nSPS) is 20.6. The van der Waals surface area contributed by atoms with Gasteiger partial charge < -0.3 is 5.11 Å². The number of nitrogens with zero attached hydrogens (tertiary/aromatic N) is 1. The first-order valence-electron chi connectivity index (χ1n) is 7.41. The molecule has 118 valence electrons. The molecule has 1 heterocycles. The maximum absolute atomic E-state index is 12.8. The molecule has 1 N–H and O–H groups in total. The van der Waals surface area contributed by atoms with Gasteiger partial charge in [-0.3, -0.25) is 0 Å². The Labute approximate surface area is 131 Å². The Kier molecular flexibility index (Phi) is 5.66. The van der Waals surface area contributed by atoms with Gasteiger partial charge in [-0.15, -0.1) is 0 Å². The van der Waals surface area contributed by atoms with Crippen molar-refractivity contribution in [2.24, 2.45) is 0 Å². The average Bonchev–Trinajstić information content (AvgIpc) is 2.48. The number of sulfonamides is 1. The van der Waals surface area contributed by atoms with Crippen LogP contribution in [0.3, 0.4) is 0 Å². The van der Waals surface area contributed by atoms with E-state index in [0.29, 0.717) is 17.1 Å². The van der Waals surface area contributed by atoms with Crippen LogP contribution in [0.15, 0.2) is 23.1 Å². The molecule has 2 rings (SSSR count). The van der Waals surface area contributed by atoms with E-state index < -0.39 is 10.0 Å². The van der Waals surface area contributed by atoms with Crippen LogP contribution < -0.4 is 0 Å². The molecule has 0 radical (unpaired) electrons. The maximum Gasteiger partial charge on any atom is 0.243 e. The fourth-order valence-corrected chi connectivity index (χ4v) is 4.92. The van der Waals surface area contributed by atoms with Crippen LogP contribution in [0.2, 0.25) is 5.02 Å². The Hall–Kier alpha value is -0.620. The first-order chi connectivity index (χ1) is 10.0. The standard InChI is InChI=1S/C15H22ClNO3S/c1-2-5-13-6-3-4-9-17(13)21(19,20)14-8-7-12(11-18)15(16)10-14/h7-8,10,13,18H,2-6,9,11H2,1H3. The van der Waals surface area contributed by atoms with Crippen molar-refractivity contribution in [3.8, 4) is 0 Å². The largest absolute Gasteiger partial charge is 0.392 e. The predicted molar refractivity (Wildman–Crippen MR) is 83.8 cm³/mol. The average molecular weight is 332 g/mol. The van der Waals surface area contributed by atoms with Crippen LogP contribution in [-0.2, 0) is 16.6 Å². The number of rotatable bonds is 5. The minimum atomic E-state index is -3.51. The highest BCUT2D eigenvalue weighted by Gasteiger charge is 2.33. The van der Waals surface area contributed by atoms with E-state index in [9.17, 15) is 8.42 Å². The lowest BCUT2D eigenvalue weighted by atomic mass is 10.0. The quantitative estimate of drug-likeness (QED) is 0.901. The zero-order valence-electron chi connectivity index (χ0n) is 12.3. The summed E-state index contributed by atoms with van der Waals surface area (Å²) in [6.45, 7) is 2.46. The van der Waals surface area contributed by atoms with Gasteiger partial charge >= 0.3 is 0 Å². The summed E-state index contributed by atoms with van der Waals surface area (Å²) in [5.74, 6) is 0. The van der Waals surface area contributed by atoms with Crippen LogP contribution >= 0.6 is 11.6 Å². The Morgan fingerprint density at radius 3 is 2.76 bits per heavy atom. The lowest BCUT2D eigenvalue weighted by Gasteiger charge is -2.34. The summed E-state index contributed by atoms with van der Waals surface area (Å²) >= 11 is 6.03. The van der Waals surface area contributed by atoms with Crippen LogP contribution in [0.1, 0.15) is 44.6 Å². The van der Waals surface area contributed by atoms with Crippen LogP contribution in [0.25, 0.3) is 0 Å². The van der Waals surface area contributed by atoms with Crippen molar-refractivity contribution in [3.05, 3.63) is 28.8 Å². The van der Waals surface area contributed by atoms with Gasteiger partial charge in [0.05, 0.1) is 11.5 Å². The van der Waals surface area contributed by atoms with E-state index in [1.165, 1.54) is 12.1 Å².